The van der Waals surface area contributed by atoms with Crippen LogP contribution < -0.4 is 0 Å². The van der Waals surface area contributed by atoms with E-state index < -0.39 is 12.1 Å². The second-order valence-electron chi connectivity index (χ2n) is 9.11. The van der Waals surface area contributed by atoms with Crippen molar-refractivity contribution in [2.75, 3.05) is 13.2 Å². The van der Waals surface area contributed by atoms with Gasteiger partial charge in [0.05, 0.1) is 11.5 Å². The Bertz CT molecular complexity index is 622. The number of aliphatic hydroxyl groups excluding tert-OH is 1. The number of ether oxygens (including phenoxy) is 2. The highest BCUT2D eigenvalue weighted by Gasteiger charge is 2.36. The molecule has 0 saturated carbocycles. The molecule has 0 aliphatic rings. The molecule has 0 amide bonds. The average Bonchev–Trinajstić information content (AvgIpc) is 2.54. The van der Waals surface area contributed by atoms with Crippen LogP contribution in [-0.2, 0) is 14.3 Å². The molecular weight excluding hydrogens is 348 g/mol. The Morgan fingerprint density at radius 3 is 1.96 bits per heavy atom. The zero-order chi connectivity index (χ0) is 20.8. The zero-order valence-corrected chi connectivity index (χ0v) is 17.1. The van der Waals surface area contributed by atoms with E-state index in [1.165, 1.54) is 24.3 Å². The Morgan fingerprint density at radius 1 is 0.963 bits per heavy atom. The number of aliphatic hydroxyl groups is 1. The summed E-state index contributed by atoms with van der Waals surface area (Å²) in [4.78, 5) is 24.4. The predicted molar refractivity (Wildman–Crippen MR) is 102 cm³/mol. The molecule has 0 bridgehead atoms. The topological polar surface area (TPSA) is 93.1 Å². The minimum absolute atomic E-state index is 0.0325. The van der Waals surface area contributed by atoms with Crippen molar-refractivity contribution in [3.63, 3.8) is 0 Å². The van der Waals surface area contributed by atoms with Crippen LogP contribution in [0, 0.1) is 16.7 Å². The molecule has 1 aromatic rings. The first kappa shape index (κ1) is 23.0. The molecule has 0 aromatic heterocycles. The molecule has 1 aromatic carbocycles. The molecule has 0 aliphatic carbocycles. The third kappa shape index (κ3) is 8.43. The van der Waals surface area contributed by atoms with E-state index in [0.717, 1.165) is 0 Å². The lowest BCUT2D eigenvalue weighted by Crippen LogP contribution is -2.35. The molecule has 1 rings (SSSR count). The Hall–Kier alpha value is -2.08. The van der Waals surface area contributed by atoms with Gasteiger partial charge in [0, 0.05) is 0 Å². The number of phenolic OH excluding ortho intramolecular Hbond substituents is 1. The van der Waals surface area contributed by atoms with Gasteiger partial charge in [0.15, 0.2) is 0 Å². The smallest absolute Gasteiger partial charge is 0.338 e. The highest BCUT2D eigenvalue weighted by atomic mass is 16.6. The maximum atomic E-state index is 12.5. The average molecular weight is 380 g/mol. The molecular formula is C21H32O6. The molecule has 2 N–H and O–H groups in total. The fourth-order valence-electron chi connectivity index (χ4n) is 2.54. The maximum absolute atomic E-state index is 12.5. The lowest BCUT2D eigenvalue weighted by Gasteiger charge is -2.34. The summed E-state index contributed by atoms with van der Waals surface area (Å²) in [5.41, 5.74) is -0.0365. The van der Waals surface area contributed by atoms with Gasteiger partial charge in [-0.2, -0.15) is 0 Å². The number of benzene rings is 1. The Morgan fingerprint density at radius 2 is 1.48 bits per heavy atom. The van der Waals surface area contributed by atoms with Gasteiger partial charge in [0.2, 0.25) is 0 Å². The van der Waals surface area contributed by atoms with Crippen molar-refractivity contribution in [2.45, 2.75) is 54.1 Å². The summed E-state index contributed by atoms with van der Waals surface area (Å²) in [6.45, 7) is 11.6. The molecule has 6 heteroatoms. The third-order valence-electron chi connectivity index (χ3n) is 4.07. The summed E-state index contributed by atoms with van der Waals surface area (Å²) in [7, 11) is 0. The molecule has 0 aliphatic heterocycles. The number of rotatable bonds is 7. The van der Waals surface area contributed by atoms with Crippen molar-refractivity contribution in [3.05, 3.63) is 29.8 Å². The number of hydrogen-bond acceptors (Lipinski definition) is 6. The number of aromatic hydroxyl groups is 1. The van der Waals surface area contributed by atoms with Gasteiger partial charge >= 0.3 is 11.9 Å². The van der Waals surface area contributed by atoms with Crippen molar-refractivity contribution in [1.29, 1.82) is 0 Å². The van der Waals surface area contributed by atoms with Gasteiger partial charge in [-0.3, -0.25) is 4.79 Å². The van der Waals surface area contributed by atoms with Crippen LogP contribution in [0.4, 0.5) is 0 Å². The van der Waals surface area contributed by atoms with Gasteiger partial charge in [-0.15, -0.1) is 0 Å². The predicted octanol–water partition coefficient (Wildman–Crippen LogP) is 3.55. The Kier molecular flexibility index (Phi) is 7.84. The minimum atomic E-state index is -1.11. The number of phenols is 1. The van der Waals surface area contributed by atoms with Gasteiger partial charge in [-0.1, -0.05) is 41.5 Å². The minimum Gasteiger partial charge on any atom is -0.508 e. The zero-order valence-electron chi connectivity index (χ0n) is 17.1. The van der Waals surface area contributed by atoms with Gasteiger partial charge in [-0.25, -0.2) is 4.79 Å². The van der Waals surface area contributed by atoms with Gasteiger partial charge in [-0.05, 0) is 41.5 Å². The van der Waals surface area contributed by atoms with Crippen molar-refractivity contribution in [1.82, 2.24) is 0 Å². The number of carbonyl (C=O) groups is 2. The third-order valence-corrected chi connectivity index (χ3v) is 4.07. The van der Waals surface area contributed by atoms with E-state index in [4.69, 9.17) is 9.47 Å². The van der Waals surface area contributed by atoms with Crippen LogP contribution in [0.1, 0.15) is 58.3 Å². The number of esters is 2. The first-order chi connectivity index (χ1) is 12.3. The van der Waals surface area contributed by atoms with Crippen LogP contribution in [0.5, 0.6) is 5.75 Å². The highest BCUT2D eigenvalue weighted by molar-refractivity contribution is 5.89. The number of hydrogen-bond donors (Lipinski definition) is 2. The highest BCUT2D eigenvalue weighted by Crippen LogP contribution is 2.36. The SMILES string of the molecule is CC(C)(C)CC(C(=O)OCC(O)COC(=O)c1ccc(O)cc1)C(C)(C)C. The van der Waals surface area contributed by atoms with E-state index in [-0.39, 0.29) is 47.2 Å². The van der Waals surface area contributed by atoms with Crippen LogP contribution >= 0.6 is 0 Å². The first-order valence-electron chi connectivity index (χ1n) is 9.10. The van der Waals surface area contributed by atoms with Crippen molar-refractivity contribution < 1.29 is 29.3 Å². The van der Waals surface area contributed by atoms with E-state index in [0.29, 0.717) is 6.42 Å². The van der Waals surface area contributed by atoms with E-state index >= 15 is 0 Å². The van der Waals surface area contributed by atoms with Crippen LogP contribution in [0.2, 0.25) is 0 Å². The Balaban J connectivity index is 2.51. The Labute approximate surface area is 161 Å². The molecule has 0 spiro atoms. The second kappa shape index (κ2) is 9.22. The van der Waals surface area contributed by atoms with E-state index in [1.54, 1.807) is 0 Å². The van der Waals surface area contributed by atoms with Gasteiger partial charge in [0.25, 0.3) is 0 Å². The largest absolute Gasteiger partial charge is 0.508 e. The molecule has 6 nitrogen and oxygen atoms in total. The quantitative estimate of drug-likeness (QED) is 0.703. The van der Waals surface area contributed by atoms with Gasteiger partial charge in [0.1, 0.15) is 25.1 Å². The van der Waals surface area contributed by atoms with Crippen LogP contribution in [0.3, 0.4) is 0 Å². The van der Waals surface area contributed by atoms with Gasteiger partial charge < -0.3 is 19.7 Å². The van der Waals surface area contributed by atoms with E-state index in [1.807, 2.05) is 20.8 Å². The van der Waals surface area contributed by atoms with Crippen LogP contribution in [-0.4, -0.2) is 41.5 Å². The molecule has 2 unspecified atom stereocenters. The molecule has 152 valence electrons. The fraction of sp³-hybridized carbons (Fsp3) is 0.619. The summed E-state index contributed by atoms with van der Waals surface area (Å²) >= 11 is 0. The number of carbonyl (C=O) groups excluding carboxylic acids is 2. The normalized spacial score (nSPS) is 14.3. The van der Waals surface area contributed by atoms with Crippen molar-refractivity contribution in [2.24, 2.45) is 16.7 Å². The van der Waals surface area contributed by atoms with Crippen molar-refractivity contribution >= 4 is 11.9 Å². The molecule has 0 heterocycles. The molecule has 27 heavy (non-hydrogen) atoms. The van der Waals surface area contributed by atoms with Crippen molar-refractivity contribution in [3.8, 4) is 5.75 Å². The molecule has 0 saturated heterocycles. The van der Waals surface area contributed by atoms with E-state index in [9.17, 15) is 19.8 Å². The summed E-state index contributed by atoms with van der Waals surface area (Å²) in [6.07, 6.45) is -0.438. The molecule has 0 fully saturated rings. The molecule has 2 atom stereocenters. The van der Waals surface area contributed by atoms with E-state index in [2.05, 4.69) is 20.8 Å². The standard InChI is InChI=1S/C21H32O6/c1-20(2,3)11-17(21(4,5)6)19(25)27-13-16(23)12-26-18(24)14-7-9-15(22)10-8-14/h7-10,16-17,22-23H,11-13H2,1-6H3. The fourth-order valence-corrected chi connectivity index (χ4v) is 2.54. The summed E-state index contributed by atoms with van der Waals surface area (Å²) < 4.78 is 10.3. The van der Waals surface area contributed by atoms with Crippen LogP contribution in [0.25, 0.3) is 0 Å². The maximum Gasteiger partial charge on any atom is 0.338 e. The first-order valence-corrected chi connectivity index (χ1v) is 9.10. The summed E-state index contributed by atoms with van der Waals surface area (Å²) in [5, 5.41) is 19.2. The molecule has 0 radical (unpaired) electrons. The monoisotopic (exact) mass is 380 g/mol. The lowest BCUT2D eigenvalue weighted by molar-refractivity contribution is -0.157. The van der Waals surface area contributed by atoms with Crippen LogP contribution in [0.15, 0.2) is 24.3 Å². The summed E-state index contributed by atoms with van der Waals surface area (Å²) in [6, 6.07) is 5.59. The second-order valence-corrected chi connectivity index (χ2v) is 9.11. The summed E-state index contributed by atoms with van der Waals surface area (Å²) in [5.74, 6) is -1.24. The lowest BCUT2D eigenvalue weighted by atomic mass is 9.72.